The van der Waals surface area contributed by atoms with Crippen molar-refractivity contribution in [1.82, 2.24) is 14.8 Å². The molecule has 3 rings (SSSR count). The minimum atomic E-state index is 0.531. The Morgan fingerprint density at radius 3 is 3.00 bits per heavy atom. The van der Waals surface area contributed by atoms with E-state index >= 15 is 0 Å². The van der Waals surface area contributed by atoms with Crippen LogP contribution in [-0.2, 0) is 19.5 Å². The molecule has 4 nitrogen and oxygen atoms in total. The Labute approximate surface area is 131 Å². The van der Waals surface area contributed by atoms with E-state index < -0.39 is 0 Å². The zero-order valence-corrected chi connectivity index (χ0v) is 13.6. The summed E-state index contributed by atoms with van der Waals surface area (Å²) in [6.45, 7) is 1.56. The van der Waals surface area contributed by atoms with Crippen molar-refractivity contribution in [2.45, 2.75) is 48.8 Å². The molecule has 6 heteroatoms. The van der Waals surface area contributed by atoms with Gasteiger partial charge in [-0.1, -0.05) is 22.4 Å². The molecular weight excluding hydrogens is 336 g/mol. The minimum Gasteiger partial charge on any atom is -0.326 e. The summed E-state index contributed by atoms with van der Waals surface area (Å²) in [4.78, 5) is 1.16. The number of hydrogen-bond acceptors (Lipinski definition) is 4. The van der Waals surface area contributed by atoms with Gasteiger partial charge in [0.15, 0.2) is 5.16 Å². The van der Waals surface area contributed by atoms with Gasteiger partial charge in [-0.3, -0.25) is 0 Å². The lowest BCUT2D eigenvalue weighted by Crippen LogP contribution is -2.03. The van der Waals surface area contributed by atoms with Crippen LogP contribution in [0.3, 0.4) is 0 Å². The molecule has 0 bridgehead atoms. The molecule has 1 aromatic carbocycles. The number of nitrogens with zero attached hydrogens (tertiary/aromatic N) is 3. The molecule has 106 valence electrons. The molecule has 0 saturated heterocycles. The highest BCUT2D eigenvalue weighted by Crippen LogP contribution is 2.32. The lowest BCUT2D eigenvalue weighted by atomic mass is 10.2. The summed E-state index contributed by atoms with van der Waals surface area (Å²) in [7, 11) is 0. The average molecular weight is 353 g/mol. The summed E-state index contributed by atoms with van der Waals surface area (Å²) in [6, 6.07) is 6.21. The molecule has 2 N–H and O–H groups in total. The number of rotatable bonds is 3. The second-order valence-corrected chi connectivity index (χ2v) is 6.84. The molecule has 0 amide bonds. The van der Waals surface area contributed by atoms with Gasteiger partial charge < -0.3 is 10.3 Å². The first-order valence-corrected chi connectivity index (χ1v) is 8.47. The maximum absolute atomic E-state index is 5.83. The van der Waals surface area contributed by atoms with Gasteiger partial charge in [-0.2, -0.15) is 0 Å². The Hall–Kier alpha value is -0.850. The first-order valence-electron chi connectivity index (χ1n) is 6.86. The van der Waals surface area contributed by atoms with Crippen LogP contribution in [-0.4, -0.2) is 14.8 Å². The molecule has 0 aliphatic carbocycles. The highest BCUT2D eigenvalue weighted by Gasteiger charge is 2.16. The van der Waals surface area contributed by atoms with Crippen molar-refractivity contribution in [3.05, 3.63) is 34.1 Å². The van der Waals surface area contributed by atoms with Gasteiger partial charge in [-0.05, 0) is 48.4 Å². The second-order valence-electron chi connectivity index (χ2n) is 4.92. The van der Waals surface area contributed by atoms with E-state index in [-0.39, 0.29) is 0 Å². The Morgan fingerprint density at radius 2 is 2.15 bits per heavy atom. The number of benzene rings is 1. The van der Waals surface area contributed by atoms with Gasteiger partial charge in [0.05, 0.1) is 0 Å². The fourth-order valence-corrected chi connectivity index (χ4v) is 3.84. The topological polar surface area (TPSA) is 56.7 Å². The van der Waals surface area contributed by atoms with Crippen LogP contribution in [0.1, 0.15) is 30.7 Å². The first-order chi connectivity index (χ1) is 9.78. The zero-order chi connectivity index (χ0) is 13.9. The smallest absolute Gasteiger partial charge is 0.196 e. The maximum Gasteiger partial charge on any atom is 0.196 e. The molecule has 0 radical (unpaired) electrons. The predicted octanol–water partition coefficient (Wildman–Crippen LogP) is 3.38. The molecule has 1 aromatic heterocycles. The van der Waals surface area contributed by atoms with E-state index in [1.54, 1.807) is 11.8 Å². The van der Waals surface area contributed by atoms with Crippen molar-refractivity contribution in [2.24, 2.45) is 5.73 Å². The average Bonchev–Trinajstić information content (AvgIpc) is 2.69. The molecule has 0 atom stereocenters. The number of aryl methyl sites for hydroxylation is 1. The summed E-state index contributed by atoms with van der Waals surface area (Å²) < 4.78 is 3.32. The van der Waals surface area contributed by atoms with Crippen molar-refractivity contribution < 1.29 is 0 Å². The predicted molar refractivity (Wildman–Crippen MR) is 83.7 cm³/mol. The Morgan fingerprint density at radius 1 is 1.25 bits per heavy atom. The quantitative estimate of drug-likeness (QED) is 0.919. The van der Waals surface area contributed by atoms with Crippen LogP contribution in [0.15, 0.2) is 32.7 Å². The number of aromatic nitrogens is 3. The van der Waals surface area contributed by atoms with Crippen LogP contribution < -0.4 is 5.73 Å². The minimum absolute atomic E-state index is 0.531. The van der Waals surface area contributed by atoms with E-state index in [1.807, 2.05) is 6.07 Å². The molecule has 20 heavy (non-hydrogen) atoms. The molecule has 0 fully saturated rings. The lowest BCUT2D eigenvalue weighted by molar-refractivity contribution is 0.591. The zero-order valence-electron chi connectivity index (χ0n) is 11.2. The van der Waals surface area contributed by atoms with Crippen molar-refractivity contribution in [3.8, 4) is 0 Å². The largest absolute Gasteiger partial charge is 0.326 e. The molecule has 0 unspecified atom stereocenters. The SMILES string of the molecule is NCc1cc(Br)ccc1Sc1nnc2n1CCCCC2. The molecule has 1 aliphatic rings. The first kappa shape index (κ1) is 14.1. The molecule has 2 heterocycles. The summed E-state index contributed by atoms with van der Waals surface area (Å²) in [6.07, 6.45) is 4.75. The molecule has 0 saturated carbocycles. The highest BCUT2D eigenvalue weighted by atomic mass is 79.9. The summed E-state index contributed by atoms with van der Waals surface area (Å²) in [5.74, 6) is 1.12. The third-order valence-electron chi connectivity index (χ3n) is 3.52. The van der Waals surface area contributed by atoms with Gasteiger partial charge in [0, 0.05) is 28.9 Å². The fraction of sp³-hybridized carbons (Fsp3) is 0.429. The van der Waals surface area contributed by atoms with Gasteiger partial charge in [-0.25, -0.2) is 0 Å². The van der Waals surface area contributed by atoms with Crippen molar-refractivity contribution in [3.63, 3.8) is 0 Å². The van der Waals surface area contributed by atoms with Gasteiger partial charge in [-0.15, -0.1) is 10.2 Å². The van der Waals surface area contributed by atoms with E-state index in [2.05, 4.69) is 42.8 Å². The third-order valence-corrected chi connectivity index (χ3v) is 5.12. The van der Waals surface area contributed by atoms with Crippen LogP contribution in [0.25, 0.3) is 0 Å². The van der Waals surface area contributed by atoms with E-state index in [1.165, 1.54) is 19.3 Å². The van der Waals surface area contributed by atoms with Gasteiger partial charge in [0.25, 0.3) is 0 Å². The number of fused-ring (bicyclic) bond motifs is 1. The van der Waals surface area contributed by atoms with Crippen LogP contribution in [0.5, 0.6) is 0 Å². The standard InChI is InChI=1S/C14H17BrN4S/c15-11-5-6-12(10(8-11)9-16)20-14-18-17-13-4-2-1-3-7-19(13)14/h5-6,8H,1-4,7,9,16H2. The number of halogens is 1. The Bertz CT molecular complexity index is 611. The van der Waals surface area contributed by atoms with Crippen LogP contribution in [0.2, 0.25) is 0 Å². The van der Waals surface area contributed by atoms with Crippen LogP contribution in [0.4, 0.5) is 0 Å². The number of hydrogen-bond donors (Lipinski definition) is 1. The highest BCUT2D eigenvalue weighted by molar-refractivity contribution is 9.10. The maximum atomic E-state index is 5.83. The van der Waals surface area contributed by atoms with E-state index in [0.29, 0.717) is 6.54 Å². The van der Waals surface area contributed by atoms with Crippen molar-refractivity contribution >= 4 is 27.7 Å². The van der Waals surface area contributed by atoms with Gasteiger partial charge in [0.1, 0.15) is 5.82 Å². The molecular formula is C14H17BrN4S. The van der Waals surface area contributed by atoms with Crippen LogP contribution in [0, 0.1) is 0 Å². The van der Waals surface area contributed by atoms with E-state index in [4.69, 9.17) is 5.73 Å². The summed E-state index contributed by atoms with van der Waals surface area (Å²) >= 11 is 5.15. The Balaban J connectivity index is 1.90. The van der Waals surface area contributed by atoms with E-state index in [0.717, 1.165) is 38.9 Å². The monoisotopic (exact) mass is 352 g/mol. The molecule has 0 spiro atoms. The number of nitrogens with two attached hydrogens (primary N) is 1. The lowest BCUT2D eigenvalue weighted by Gasteiger charge is -2.09. The van der Waals surface area contributed by atoms with Gasteiger partial charge in [0.2, 0.25) is 0 Å². The van der Waals surface area contributed by atoms with Crippen molar-refractivity contribution in [1.29, 1.82) is 0 Å². The summed E-state index contributed by atoms with van der Waals surface area (Å²) in [5, 5.41) is 9.68. The van der Waals surface area contributed by atoms with Crippen molar-refractivity contribution in [2.75, 3.05) is 0 Å². The van der Waals surface area contributed by atoms with Gasteiger partial charge >= 0.3 is 0 Å². The summed E-state index contributed by atoms with van der Waals surface area (Å²) in [5.41, 5.74) is 6.97. The van der Waals surface area contributed by atoms with E-state index in [9.17, 15) is 0 Å². The third kappa shape index (κ3) is 2.92. The Kier molecular flexibility index (Phi) is 4.43. The normalized spacial score (nSPS) is 14.9. The molecule has 2 aromatic rings. The molecule has 1 aliphatic heterocycles. The fourth-order valence-electron chi connectivity index (χ4n) is 2.44. The van der Waals surface area contributed by atoms with Crippen LogP contribution >= 0.6 is 27.7 Å². The second kappa shape index (κ2) is 6.28.